The smallest absolute Gasteiger partial charge is 0.123 e. The van der Waals surface area contributed by atoms with Crippen LogP contribution >= 0.6 is 11.8 Å². The van der Waals surface area contributed by atoms with Crippen LogP contribution in [0, 0.1) is 12.8 Å². The molecule has 1 aliphatic heterocycles. The van der Waals surface area contributed by atoms with E-state index < -0.39 is 0 Å². The molecule has 1 saturated heterocycles. The molecule has 1 aliphatic rings. The maximum atomic E-state index is 5.83. The average Bonchev–Trinajstić information content (AvgIpc) is 2.79. The van der Waals surface area contributed by atoms with Crippen molar-refractivity contribution < 1.29 is 4.74 Å². The molecule has 3 nitrogen and oxygen atoms in total. The second kappa shape index (κ2) is 6.16. The molecule has 19 heavy (non-hydrogen) atoms. The quantitative estimate of drug-likeness (QED) is 0.861. The van der Waals surface area contributed by atoms with Gasteiger partial charge in [-0.2, -0.15) is 0 Å². The molecule has 2 N–H and O–H groups in total. The van der Waals surface area contributed by atoms with E-state index in [0.29, 0.717) is 12.0 Å². The van der Waals surface area contributed by atoms with Crippen molar-refractivity contribution in [3.8, 4) is 5.75 Å². The van der Waals surface area contributed by atoms with Crippen molar-refractivity contribution in [2.45, 2.75) is 24.3 Å². The van der Waals surface area contributed by atoms with E-state index >= 15 is 0 Å². The van der Waals surface area contributed by atoms with E-state index in [9.17, 15) is 0 Å². The summed E-state index contributed by atoms with van der Waals surface area (Å²) in [5, 5.41) is 0. The molecule has 4 heteroatoms. The minimum Gasteiger partial charge on any atom is -0.496 e. The summed E-state index contributed by atoms with van der Waals surface area (Å²) in [7, 11) is 3.94. The number of hydrogen-bond donors (Lipinski definition) is 1. The third-order valence-corrected chi connectivity index (χ3v) is 4.95. The van der Waals surface area contributed by atoms with Gasteiger partial charge in [0.05, 0.1) is 7.11 Å². The molecule has 0 bridgehead atoms. The molecule has 0 saturated carbocycles. The highest BCUT2D eigenvalue weighted by Crippen LogP contribution is 2.40. The topological polar surface area (TPSA) is 38.5 Å². The van der Waals surface area contributed by atoms with Gasteiger partial charge in [-0.25, -0.2) is 0 Å². The molecular weight excluding hydrogens is 256 g/mol. The summed E-state index contributed by atoms with van der Waals surface area (Å²) in [6.07, 6.45) is 3.25. The molecule has 1 aromatic rings. The van der Waals surface area contributed by atoms with Crippen LogP contribution in [0.2, 0.25) is 0 Å². The monoisotopic (exact) mass is 280 g/mol. The molecule has 0 radical (unpaired) electrons. The highest BCUT2D eigenvalue weighted by atomic mass is 32.2. The molecule has 0 aromatic heterocycles. The van der Waals surface area contributed by atoms with E-state index in [1.807, 2.05) is 0 Å². The lowest BCUT2D eigenvalue weighted by Crippen LogP contribution is -2.21. The van der Waals surface area contributed by atoms with Gasteiger partial charge in [0, 0.05) is 23.0 Å². The molecular formula is C15H24N2OS. The van der Waals surface area contributed by atoms with Crippen LogP contribution in [0.4, 0.5) is 0 Å². The number of nitrogens with two attached hydrogens (primary N) is 1. The molecule has 1 aromatic carbocycles. The summed E-state index contributed by atoms with van der Waals surface area (Å²) in [4.78, 5) is 3.73. The minimum atomic E-state index is 0.426. The van der Waals surface area contributed by atoms with Crippen LogP contribution < -0.4 is 10.5 Å². The van der Waals surface area contributed by atoms with Crippen LogP contribution in [0.25, 0.3) is 0 Å². The van der Waals surface area contributed by atoms with Crippen molar-refractivity contribution in [1.82, 2.24) is 4.90 Å². The Morgan fingerprint density at radius 3 is 2.74 bits per heavy atom. The van der Waals surface area contributed by atoms with Gasteiger partial charge >= 0.3 is 0 Å². The molecule has 0 spiro atoms. The molecule has 2 rings (SSSR count). The maximum Gasteiger partial charge on any atom is 0.123 e. The van der Waals surface area contributed by atoms with Crippen molar-refractivity contribution in [3.05, 3.63) is 23.3 Å². The van der Waals surface area contributed by atoms with Gasteiger partial charge in [-0.3, -0.25) is 4.90 Å². The van der Waals surface area contributed by atoms with Crippen LogP contribution in [0.15, 0.2) is 17.0 Å². The molecule has 2 unspecified atom stereocenters. The third-order valence-electron chi connectivity index (χ3n) is 4.07. The number of aryl methyl sites for hydroxylation is 1. The summed E-state index contributed by atoms with van der Waals surface area (Å²) >= 11 is 1.80. The lowest BCUT2D eigenvalue weighted by molar-refractivity contribution is 0.302. The fourth-order valence-corrected chi connectivity index (χ4v) is 3.60. The zero-order chi connectivity index (χ0) is 14.0. The Kier molecular flexibility index (Phi) is 4.76. The molecule has 2 atom stereocenters. The molecule has 106 valence electrons. The van der Waals surface area contributed by atoms with Crippen molar-refractivity contribution in [2.24, 2.45) is 11.7 Å². The summed E-state index contributed by atoms with van der Waals surface area (Å²) in [6, 6.07) is 4.87. The number of likely N-dealkylation sites (tertiary alicyclic amines) is 1. The maximum absolute atomic E-state index is 5.83. The van der Waals surface area contributed by atoms with E-state index in [1.54, 1.807) is 18.9 Å². The minimum absolute atomic E-state index is 0.426. The van der Waals surface area contributed by atoms with Gasteiger partial charge in [0.15, 0.2) is 0 Å². The van der Waals surface area contributed by atoms with Crippen LogP contribution in [-0.2, 0) is 0 Å². The van der Waals surface area contributed by atoms with Gasteiger partial charge < -0.3 is 10.5 Å². The predicted molar refractivity (Wildman–Crippen MR) is 82.0 cm³/mol. The Morgan fingerprint density at radius 1 is 1.47 bits per heavy atom. The molecule has 1 fully saturated rings. The van der Waals surface area contributed by atoms with Crippen molar-refractivity contribution in [1.29, 1.82) is 0 Å². The normalized spacial score (nSPS) is 23.8. The highest BCUT2D eigenvalue weighted by Gasteiger charge is 2.31. The fraction of sp³-hybridized carbons (Fsp3) is 0.600. The average molecular weight is 280 g/mol. The Balaban J connectivity index is 2.38. The number of benzene rings is 1. The predicted octanol–water partition coefficient (Wildman–Crippen LogP) is 2.68. The van der Waals surface area contributed by atoms with Gasteiger partial charge in [-0.05, 0) is 56.8 Å². The lowest BCUT2D eigenvalue weighted by atomic mass is 9.98. The van der Waals surface area contributed by atoms with Crippen LogP contribution in [-0.4, -0.2) is 38.4 Å². The second-order valence-electron chi connectivity index (χ2n) is 5.36. The van der Waals surface area contributed by atoms with Gasteiger partial charge in [0.25, 0.3) is 0 Å². The van der Waals surface area contributed by atoms with Crippen molar-refractivity contribution in [2.75, 3.05) is 33.5 Å². The third kappa shape index (κ3) is 2.91. The number of nitrogens with zero attached hydrogens (tertiary/aromatic N) is 1. The standard InChI is InChI=1S/C15H24N2OS/c1-10-5-14(18-3)12(7-15(10)19-4)13-6-11(8-16)9-17(13)2/h5,7,11,13H,6,8-9,16H2,1-4H3. The number of ether oxygens (including phenoxy) is 1. The summed E-state index contributed by atoms with van der Waals surface area (Å²) in [5.74, 6) is 1.60. The van der Waals surface area contributed by atoms with E-state index in [4.69, 9.17) is 10.5 Å². The first kappa shape index (κ1) is 14.7. The van der Waals surface area contributed by atoms with Gasteiger partial charge in [0.2, 0.25) is 0 Å². The number of hydrogen-bond acceptors (Lipinski definition) is 4. The second-order valence-corrected chi connectivity index (χ2v) is 6.20. The van der Waals surface area contributed by atoms with E-state index in [-0.39, 0.29) is 0 Å². The Labute approximate surface area is 120 Å². The molecule has 0 aliphatic carbocycles. The van der Waals surface area contributed by atoms with Crippen molar-refractivity contribution >= 4 is 11.8 Å². The first-order chi connectivity index (χ1) is 9.10. The summed E-state index contributed by atoms with van der Waals surface area (Å²) in [5.41, 5.74) is 8.41. The van der Waals surface area contributed by atoms with E-state index in [0.717, 1.165) is 25.3 Å². The van der Waals surface area contributed by atoms with E-state index in [2.05, 4.69) is 37.3 Å². The lowest BCUT2D eigenvalue weighted by Gasteiger charge is -2.23. The van der Waals surface area contributed by atoms with Crippen molar-refractivity contribution in [3.63, 3.8) is 0 Å². The first-order valence-electron chi connectivity index (χ1n) is 6.73. The summed E-state index contributed by atoms with van der Waals surface area (Å²) < 4.78 is 5.59. The largest absolute Gasteiger partial charge is 0.496 e. The highest BCUT2D eigenvalue weighted by molar-refractivity contribution is 7.98. The van der Waals surface area contributed by atoms with Crippen LogP contribution in [0.3, 0.4) is 0 Å². The van der Waals surface area contributed by atoms with E-state index in [1.165, 1.54) is 16.0 Å². The SMILES string of the molecule is COc1cc(C)c(SC)cc1C1CC(CN)CN1C. The Morgan fingerprint density at radius 2 is 2.21 bits per heavy atom. The fourth-order valence-electron chi connectivity index (χ4n) is 2.97. The number of methoxy groups -OCH3 is 1. The summed E-state index contributed by atoms with van der Waals surface area (Å²) in [6.45, 7) is 3.98. The van der Waals surface area contributed by atoms with Gasteiger partial charge in [0.1, 0.15) is 5.75 Å². The molecule has 0 amide bonds. The van der Waals surface area contributed by atoms with Gasteiger partial charge in [-0.15, -0.1) is 11.8 Å². The molecule has 1 heterocycles. The van der Waals surface area contributed by atoms with Crippen LogP contribution in [0.1, 0.15) is 23.6 Å². The Bertz CT molecular complexity index is 450. The first-order valence-corrected chi connectivity index (χ1v) is 7.96. The van der Waals surface area contributed by atoms with Crippen LogP contribution in [0.5, 0.6) is 5.75 Å². The number of rotatable bonds is 4. The number of thioether (sulfide) groups is 1. The zero-order valence-electron chi connectivity index (χ0n) is 12.3. The Hall–Kier alpha value is -0.710. The zero-order valence-corrected chi connectivity index (χ0v) is 13.1. The van der Waals surface area contributed by atoms with Gasteiger partial charge in [-0.1, -0.05) is 0 Å².